The Bertz CT molecular complexity index is 247. The molecule has 14 heavy (non-hydrogen) atoms. The lowest BCUT2D eigenvalue weighted by Crippen LogP contribution is -2.19. The Balaban J connectivity index is 2.11. The molecule has 0 heterocycles. The van der Waals surface area contributed by atoms with Crippen LogP contribution in [0.25, 0.3) is 0 Å². The summed E-state index contributed by atoms with van der Waals surface area (Å²) in [4.78, 5) is 11.1. The maximum atomic E-state index is 11.1. The summed E-state index contributed by atoms with van der Waals surface area (Å²) in [6.07, 6.45) is 11.9. The molecule has 0 spiro atoms. The first-order chi connectivity index (χ1) is 6.83. The number of allylic oxidation sites excluding steroid dienone is 4. The lowest BCUT2D eigenvalue weighted by atomic mass is 9.86. The van der Waals surface area contributed by atoms with Crippen LogP contribution in [0.3, 0.4) is 0 Å². The minimum atomic E-state index is -0.259. The molecule has 1 aliphatic carbocycles. The molecule has 0 aromatic carbocycles. The molecule has 1 rings (SSSR count). The normalized spacial score (nSPS) is 17.1. The van der Waals surface area contributed by atoms with Crippen molar-refractivity contribution in [2.45, 2.75) is 19.3 Å². The molecule has 0 bridgehead atoms. The number of ether oxygens (including phenoxy) is 1. The van der Waals surface area contributed by atoms with Crippen LogP contribution in [0.2, 0.25) is 0 Å². The van der Waals surface area contributed by atoms with Gasteiger partial charge in [0, 0.05) is 6.08 Å². The lowest BCUT2D eigenvalue weighted by molar-refractivity contribution is -0.139. The first kappa shape index (κ1) is 10.8. The summed E-state index contributed by atoms with van der Waals surface area (Å²) < 4.78 is 5.04. The first-order valence-electron chi connectivity index (χ1n) is 4.95. The van der Waals surface area contributed by atoms with Gasteiger partial charge in [0.1, 0.15) is 0 Å². The summed E-state index contributed by atoms with van der Waals surface area (Å²) in [7, 11) is 0. The topological polar surface area (TPSA) is 26.3 Å². The third kappa shape index (κ3) is 4.08. The summed E-state index contributed by atoms with van der Waals surface area (Å²) in [5.41, 5.74) is 0. The Morgan fingerprint density at radius 2 is 2.14 bits per heavy atom. The Labute approximate surface area is 85.0 Å². The maximum Gasteiger partial charge on any atom is 0.330 e. The molecule has 1 fully saturated rings. The van der Waals surface area contributed by atoms with E-state index in [0.29, 0.717) is 12.5 Å². The van der Waals surface area contributed by atoms with Gasteiger partial charge in [0.25, 0.3) is 0 Å². The van der Waals surface area contributed by atoms with E-state index in [0.717, 1.165) is 0 Å². The Morgan fingerprint density at radius 1 is 1.36 bits per heavy atom. The third-order valence-corrected chi connectivity index (χ3v) is 2.28. The van der Waals surface area contributed by atoms with Crippen molar-refractivity contribution in [1.82, 2.24) is 0 Å². The van der Waals surface area contributed by atoms with Crippen molar-refractivity contribution >= 4 is 5.97 Å². The minimum Gasteiger partial charge on any atom is -0.462 e. The van der Waals surface area contributed by atoms with Gasteiger partial charge in [0.05, 0.1) is 6.61 Å². The Morgan fingerprint density at radius 3 is 2.71 bits per heavy atom. The summed E-state index contributed by atoms with van der Waals surface area (Å²) in [6.45, 7) is 4.10. The van der Waals surface area contributed by atoms with Crippen LogP contribution < -0.4 is 0 Å². The van der Waals surface area contributed by atoms with Crippen LogP contribution >= 0.6 is 0 Å². The van der Waals surface area contributed by atoms with Gasteiger partial charge in [0.2, 0.25) is 0 Å². The second-order valence-electron chi connectivity index (χ2n) is 3.41. The van der Waals surface area contributed by atoms with Gasteiger partial charge in [-0.05, 0) is 18.8 Å². The molecule has 2 nitrogen and oxygen atoms in total. The van der Waals surface area contributed by atoms with E-state index in [9.17, 15) is 4.79 Å². The summed E-state index contributed by atoms with van der Waals surface area (Å²) in [5, 5.41) is 0. The van der Waals surface area contributed by atoms with Crippen LogP contribution in [0.4, 0.5) is 0 Å². The minimum absolute atomic E-state index is 0.259. The van der Waals surface area contributed by atoms with E-state index in [1.54, 1.807) is 24.3 Å². The monoisotopic (exact) mass is 192 g/mol. The van der Waals surface area contributed by atoms with E-state index in [1.807, 2.05) is 0 Å². The number of hydrogen-bond donors (Lipinski definition) is 0. The second-order valence-corrected chi connectivity index (χ2v) is 3.41. The van der Waals surface area contributed by atoms with Crippen molar-refractivity contribution < 1.29 is 9.53 Å². The molecule has 0 N–H and O–H groups in total. The van der Waals surface area contributed by atoms with E-state index in [1.165, 1.54) is 25.3 Å². The van der Waals surface area contributed by atoms with Crippen LogP contribution in [0.5, 0.6) is 0 Å². The fourth-order valence-corrected chi connectivity index (χ4v) is 1.18. The highest BCUT2D eigenvalue weighted by molar-refractivity contribution is 5.82. The first-order valence-corrected chi connectivity index (χ1v) is 4.95. The largest absolute Gasteiger partial charge is 0.462 e. The second kappa shape index (κ2) is 6.19. The van der Waals surface area contributed by atoms with Gasteiger partial charge in [-0.25, -0.2) is 4.79 Å². The zero-order chi connectivity index (χ0) is 10.2. The van der Waals surface area contributed by atoms with E-state index in [4.69, 9.17) is 4.74 Å². The highest BCUT2D eigenvalue weighted by Gasteiger charge is 2.18. The molecule has 76 valence electrons. The molecule has 1 saturated carbocycles. The van der Waals surface area contributed by atoms with Gasteiger partial charge in [0.15, 0.2) is 0 Å². The maximum absolute atomic E-state index is 11.1. The van der Waals surface area contributed by atoms with Crippen molar-refractivity contribution in [2.75, 3.05) is 6.61 Å². The molecular formula is C12H16O2. The van der Waals surface area contributed by atoms with Gasteiger partial charge < -0.3 is 4.74 Å². The van der Waals surface area contributed by atoms with Crippen LogP contribution in [-0.4, -0.2) is 12.6 Å². The predicted octanol–water partition coefficient (Wildman–Crippen LogP) is 2.63. The standard InChI is InChI=1S/C12H16O2/c1-2-3-4-5-9-12(13)14-10-11-7-6-8-11/h2-5,9,11H,1,6-8,10H2. The zero-order valence-corrected chi connectivity index (χ0v) is 8.32. The van der Waals surface area contributed by atoms with Crippen molar-refractivity contribution in [1.29, 1.82) is 0 Å². The average molecular weight is 192 g/mol. The highest BCUT2D eigenvalue weighted by atomic mass is 16.5. The van der Waals surface area contributed by atoms with Crippen molar-refractivity contribution in [3.8, 4) is 0 Å². The lowest BCUT2D eigenvalue weighted by Gasteiger charge is -2.24. The summed E-state index contributed by atoms with van der Waals surface area (Å²) in [5.74, 6) is 0.349. The van der Waals surface area contributed by atoms with Crippen molar-refractivity contribution in [3.05, 3.63) is 37.0 Å². The number of esters is 1. The number of carbonyl (C=O) groups excluding carboxylic acids is 1. The third-order valence-electron chi connectivity index (χ3n) is 2.28. The van der Waals surface area contributed by atoms with Crippen LogP contribution in [0.15, 0.2) is 37.0 Å². The van der Waals surface area contributed by atoms with Crippen molar-refractivity contribution in [3.63, 3.8) is 0 Å². The van der Waals surface area contributed by atoms with Gasteiger partial charge in [-0.1, -0.05) is 37.3 Å². The molecule has 0 unspecified atom stereocenters. The molecule has 0 amide bonds. The fourth-order valence-electron chi connectivity index (χ4n) is 1.18. The van der Waals surface area contributed by atoms with E-state index < -0.39 is 0 Å². The number of carbonyl (C=O) groups is 1. The summed E-state index contributed by atoms with van der Waals surface area (Å²) in [6, 6.07) is 0. The fraction of sp³-hybridized carbons (Fsp3) is 0.417. The number of hydrogen-bond acceptors (Lipinski definition) is 2. The molecule has 0 aliphatic heterocycles. The molecule has 0 aromatic rings. The SMILES string of the molecule is C=CC=CC=CC(=O)OCC1CCC1. The molecule has 0 saturated heterocycles. The highest BCUT2D eigenvalue weighted by Crippen LogP contribution is 2.26. The summed E-state index contributed by atoms with van der Waals surface area (Å²) >= 11 is 0. The van der Waals surface area contributed by atoms with Gasteiger partial charge in [-0.15, -0.1) is 0 Å². The Hall–Kier alpha value is -1.31. The smallest absolute Gasteiger partial charge is 0.330 e. The molecular weight excluding hydrogens is 176 g/mol. The average Bonchev–Trinajstić information content (AvgIpc) is 2.10. The van der Waals surface area contributed by atoms with E-state index in [2.05, 4.69) is 6.58 Å². The molecule has 1 aliphatic rings. The van der Waals surface area contributed by atoms with Gasteiger partial charge in [-0.2, -0.15) is 0 Å². The number of rotatable bonds is 5. The van der Waals surface area contributed by atoms with Gasteiger partial charge >= 0.3 is 5.97 Å². The molecule has 2 heteroatoms. The predicted molar refractivity (Wildman–Crippen MR) is 56.8 cm³/mol. The quantitative estimate of drug-likeness (QED) is 0.380. The van der Waals surface area contributed by atoms with Crippen molar-refractivity contribution in [2.24, 2.45) is 5.92 Å². The van der Waals surface area contributed by atoms with E-state index in [-0.39, 0.29) is 5.97 Å². The zero-order valence-electron chi connectivity index (χ0n) is 8.32. The van der Waals surface area contributed by atoms with Crippen LogP contribution in [0, 0.1) is 5.92 Å². The molecule has 0 aromatic heterocycles. The Kier molecular flexibility index (Phi) is 4.76. The van der Waals surface area contributed by atoms with E-state index >= 15 is 0 Å². The molecule has 0 radical (unpaired) electrons. The van der Waals surface area contributed by atoms with Gasteiger partial charge in [-0.3, -0.25) is 0 Å². The van der Waals surface area contributed by atoms with Crippen LogP contribution in [-0.2, 0) is 9.53 Å². The molecule has 0 atom stereocenters. The van der Waals surface area contributed by atoms with Crippen LogP contribution in [0.1, 0.15) is 19.3 Å².